The molecule has 254 valence electrons. The molecule has 0 amide bonds. The van der Waals surface area contributed by atoms with Gasteiger partial charge in [-0.05, 0) is 84.4 Å². The lowest BCUT2D eigenvalue weighted by molar-refractivity contribution is 1.15. The molecule has 55 heavy (non-hydrogen) atoms. The van der Waals surface area contributed by atoms with Crippen molar-refractivity contribution in [1.82, 2.24) is 13.7 Å². The van der Waals surface area contributed by atoms with Crippen molar-refractivity contribution in [2.45, 2.75) is 0 Å². The summed E-state index contributed by atoms with van der Waals surface area (Å²) in [5, 5.41) is 26.7. The van der Waals surface area contributed by atoms with Crippen LogP contribution in [0.2, 0.25) is 0 Å². The third kappa shape index (κ3) is 4.51. The van der Waals surface area contributed by atoms with E-state index in [9.17, 15) is 10.5 Å². The predicted molar refractivity (Wildman–Crippen MR) is 224 cm³/mol. The van der Waals surface area contributed by atoms with E-state index in [1.807, 2.05) is 42.5 Å². The van der Waals surface area contributed by atoms with Crippen molar-refractivity contribution in [3.8, 4) is 40.3 Å². The fourth-order valence-electron chi connectivity index (χ4n) is 8.72. The summed E-state index contributed by atoms with van der Waals surface area (Å²) in [4.78, 5) is 0. The highest BCUT2D eigenvalue weighted by Crippen LogP contribution is 2.40. The van der Waals surface area contributed by atoms with Crippen LogP contribution in [0.25, 0.3) is 93.6 Å². The Morgan fingerprint density at radius 3 is 1.45 bits per heavy atom. The highest BCUT2D eigenvalue weighted by Gasteiger charge is 2.19. The average molecular weight is 700 g/mol. The van der Waals surface area contributed by atoms with Crippen LogP contribution in [0.5, 0.6) is 0 Å². The molecule has 0 radical (unpaired) electrons. The molecule has 0 unspecified atom stereocenters. The van der Waals surface area contributed by atoms with Gasteiger partial charge in [0.15, 0.2) is 0 Å². The number of rotatable bonds is 4. The Morgan fingerprint density at radius 2 is 0.818 bits per heavy atom. The predicted octanol–water partition coefficient (Wildman–Crippen LogP) is 12.4. The number of hydrogen-bond acceptors (Lipinski definition) is 2. The lowest BCUT2D eigenvalue weighted by Crippen LogP contribution is -2.00. The normalized spacial score (nSPS) is 11.6. The van der Waals surface area contributed by atoms with E-state index >= 15 is 0 Å². The van der Waals surface area contributed by atoms with Crippen molar-refractivity contribution in [2.24, 2.45) is 0 Å². The first kappa shape index (κ1) is 30.7. The molecule has 0 aliphatic rings. The van der Waals surface area contributed by atoms with E-state index in [4.69, 9.17) is 0 Å². The van der Waals surface area contributed by atoms with Crippen LogP contribution >= 0.6 is 0 Å². The van der Waals surface area contributed by atoms with Crippen LogP contribution in [-0.2, 0) is 0 Å². The molecule has 0 saturated heterocycles. The van der Waals surface area contributed by atoms with Gasteiger partial charge in [0.1, 0.15) is 0 Å². The molecule has 0 aliphatic carbocycles. The van der Waals surface area contributed by atoms with Gasteiger partial charge in [-0.3, -0.25) is 0 Å². The minimum absolute atomic E-state index is 0.578. The highest BCUT2D eigenvalue weighted by molar-refractivity contribution is 6.13. The lowest BCUT2D eigenvalue weighted by atomic mass is 10.0. The van der Waals surface area contributed by atoms with Gasteiger partial charge in [-0.1, -0.05) is 97.1 Å². The number of nitrogens with zero attached hydrogens (tertiary/aromatic N) is 5. The van der Waals surface area contributed by atoms with Crippen molar-refractivity contribution >= 4 is 65.4 Å². The lowest BCUT2D eigenvalue weighted by Gasteiger charge is -2.16. The zero-order chi connectivity index (χ0) is 36.6. The highest BCUT2D eigenvalue weighted by atomic mass is 15.0. The summed E-state index contributed by atoms with van der Waals surface area (Å²) in [6, 6.07) is 66.1. The van der Waals surface area contributed by atoms with Crippen LogP contribution in [0.15, 0.2) is 176 Å². The Labute approximate surface area is 316 Å². The van der Waals surface area contributed by atoms with Gasteiger partial charge >= 0.3 is 0 Å². The summed E-state index contributed by atoms with van der Waals surface area (Å²) < 4.78 is 6.97. The van der Waals surface area contributed by atoms with Gasteiger partial charge in [-0.15, -0.1) is 0 Å². The molecule has 0 fully saturated rings. The molecule has 0 bridgehead atoms. The molecule has 3 heterocycles. The van der Waals surface area contributed by atoms with Crippen molar-refractivity contribution in [3.63, 3.8) is 0 Å². The van der Waals surface area contributed by atoms with Crippen molar-refractivity contribution in [3.05, 3.63) is 187 Å². The summed E-state index contributed by atoms with van der Waals surface area (Å²) in [7, 11) is 0. The van der Waals surface area contributed by atoms with Gasteiger partial charge < -0.3 is 13.7 Å². The third-order valence-corrected chi connectivity index (χ3v) is 11.1. The van der Waals surface area contributed by atoms with E-state index in [0.717, 1.165) is 61.0 Å². The molecule has 11 aromatic rings. The molecular formula is C50H29N5. The van der Waals surface area contributed by atoms with E-state index in [1.54, 1.807) is 0 Å². The summed E-state index contributed by atoms with van der Waals surface area (Å²) >= 11 is 0. The molecular weight excluding hydrogens is 671 g/mol. The molecule has 5 heteroatoms. The quantitative estimate of drug-likeness (QED) is 0.184. The van der Waals surface area contributed by atoms with E-state index in [0.29, 0.717) is 11.1 Å². The van der Waals surface area contributed by atoms with Crippen molar-refractivity contribution in [2.75, 3.05) is 0 Å². The molecule has 3 aromatic heterocycles. The van der Waals surface area contributed by atoms with Crippen LogP contribution in [0, 0.1) is 22.7 Å². The Morgan fingerprint density at radius 1 is 0.327 bits per heavy atom. The summed E-state index contributed by atoms with van der Waals surface area (Å²) in [6.07, 6.45) is 0. The first-order chi connectivity index (χ1) is 27.2. The second kappa shape index (κ2) is 11.8. The van der Waals surface area contributed by atoms with Crippen LogP contribution in [-0.4, -0.2) is 13.7 Å². The monoisotopic (exact) mass is 699 g/mol. The topological polar surface area (TPSA) is 62.4 Å². The van der Waals surface area contributed by atoms with E-state index in [1.165, 1.54) is 32.6 Å². The Hall–Kier alpha value is -7.86. The second-order valence-electron chi connectivity index (χ2n) is 14.0. The van der Waals surface area contributed by atoms with Gasteiger partial charge in [0.25, 0.3) is 0 Å². The van der Waals surface area contributed by atoms with Crippen molar-refractivity contribution in [1.29, 1.82) is 10.5 Å². The van der Waals surface area contributed by atoms with Crippen LogP contribution < -0.4 is 0 Å². The molecule has 0 saturated carbocycles. The fourth-order valence-corrected chi connectivity index (χ4v) is 8.72. The second-order valence-corrected chi connectivity index (χ2v) is 14.0. The fraction of sp³-hybridized carbons (Fsp3) is 0. The maximum Gasteiger partial charge on any atom is 0.0992 e. The maximum absolute atomic E-state index is 10.1. The standard InChI is InChI=1S/C50H29N5/c51-30-32-21-25-48-43(26-32)41-15-4-8-19-47(41)55(48)49-27-33(31-52)20-23-37(49)34-10-9-11-35(28-34)54-46-18-7-3-14-40(46)42-24-22-36(29-50(42)54)53-44-16-5-1-12-38(44)39-13-2-6-17-45(39)53/h1-29H. The van der Waals surface area contributed by atoms with Gasteiger partial charge in [0.2, 0.25) is 0 Å². The van der Waals surface area contributed by atoms with E-state index < -0.39 is 0 Å². The van der Waals surface area contributed by atoms with Gasteiger partial charge in [0.05, 0.1) is 62.1 Å². The van der Waals surface area contributed by atoms with Gasteiger partial charge in [-0.25, -0.2) is 0 Å². The van der Waals surface area contributed by atoms with Crippen LogP contribution in [0.1, 0.15) is 11.1 Å². The number of nitriles is 2. The van der Waals surface area contributed by atoms with Crippen LogP contribution in [0.3, 0.4) is 0 Å². The summed E-state index contributed by atoms with van der Waals surface area (Å²) in [5.74, 6) is 0. The summed E-state index contributed by atoms with van der Waals surface area (Å²) in [6.45, 7) is 0. The Bertz CT molecular complexity index is 3420. The number of benzene rings is 8. The summed E-state index contributed by atoms with van der Waals surface area (Å²) in [5.41, 5.74) is 12.9. The first-order valence-corrected chi connectivity index (χ1v) is 18.3. The maximum atomic E-state index is 10.1. The zero-order valence-electron chi connectivity index (χ0n) is 29.5. The number of para-hydroxylation sites is 4. The Kier molecular flexibility index (Phi) is 6.61. The van der Waals surface area contributed by atoms with Gasteiger partial charge in [-0.2, -0.15) is 10.5 Å². The zero-order valence-corrected chi connectivity index (χ0v) is 29.5. The molecule has 11 rings (SSSR count). The minimum Gasteiger partial charge on any atom is -0.309 e. The van der Waals surface area contributed by atoms with Crippen LogP contribution in [0.4, 0.5) is 0 Å². The molecule has 0 N–H and O–H groups in total. The van der Waals surface area contributed by atoms with E-state index in [2.05, 4.69) is 159 Å². The minimum atomic E-state index is 0.578. The molecule has 5 nitrogen and oxygen atoms in total. The molecule has 0 atom stereocenters. The van der Waals surface area contributed by atoms with Gasteiger partial charge in [0, 0.05) is 49.3 Å². The molecule has 8 aromatic carbocycles. The number of aromatic nitrogens is 3. The molecule has 0 spiro atoms. The number of fused-ring (bicyclic) bond motifs is 9. The average Bonchev–Trinajstić information content (AvgIpc) is 3.88. The van der Waals surface area contributed by atoms with E-state index in [-0.39, 0.29) is 0 Å². The van der Waals surface area contributed by atoms with Crippen molar-refractivity contribution < 1.29 is 0 Å². The molecule has 0 aliphatic heterocycles. The number of hydrogen-bond donors (Lipinski definition) is 0. The first-order valence-electron chi connectivity index (χ1n) is 18.3. The SMILES string of the molecule is N#Cc1ccc(-c2cccc(-n3c4ccccc4c4ccc(-n5c6ccccc6c6ccccc65)cc43)c2)c(-n2c3ccccc3c3cc(C#N)ccc32)c1. The Balaban J connectivity index is 1.15. The smallest absolute Gasteiger partial charge is 0.0992 e. The third-order valence-electron chi connectivity index (χ3n) is 11.1. The largest absolute Gasteiger partial charge is 0.309 e.